The van der Waals surface area contributed by atoms with Gasteiger partial charge in [0.15, 0.2) is 0 Å². The second kappa shape index (κ2) is 20.3. The Balaban J connectivity index is 3.29. The number of ether oxygens (including phenoxy) is 2. The fraction of sp³-hybridized carbons (Fsp3) is 0.909. The third-order valence-corrected chi connectivity index (χ3v) is 4.53. The standard InChI is InChI=1S/C22H42O4/c1-3-5-7-9-11-16-20-26-22(24)18-14-12-13-17-21(23)25-19-15-10-8-6-4-2/h3-20H2,1-2H3. The van der Waals surface area contributed by atoms with Crippen molar-refractivity contribution in [2.24, 2.45) is 0 Å². The quantitative estimate of drug-likeness (QED) is 0.196. The molecule has 26 heavy (non-hydrogen) atoms. The summed E-state index contributed by atoms with van der Waals surface area (Å²) in [6, 6.07) is 0. The highest BCUT2D eigenvalue weighted by atomic mass is 16.5. The van der Waals surface area contributed by atoms with Gasteiger partial charge in [0, 0.05) is 12.8 Å². The van der Waals surface area contributed by atoms with Crippen LogP contribution >= 0.6 is 0 Å². The van der Waals surface area contributed by atoms with Gasteiger partial charge in [-0.25, -0.2) is 0 Å². The molecule has 0 atom stereocenters. The van der Waals surface area contributed by atoms with Crippen molar-refractivity contribution in [3.63, 3.8) is 0 Å². The summed E-state index contributed by atoms with van der Waals surface area (Å²) in [4.78, 5) is 23.2. The molecule has 0 bridgehead atoms. The molecular weight excluding hydrogens is 328 g/mol. The fourth-order valence-corrected chi connectivity index (χ4v) is 2.82. The van der Waals surface area contributed by atoms with Gasteiger partial charge in [-0.1, -0.05) is 78.1 Å². The second-order valence-electron chi connectivity index (χ2n) is 7.18. The van der Waals surface area contributed by atoms with Crippen LogP contribution in [0.4, 0.5) is 0 Å². The number of esters is 2. The van der Waals surface area contributed by atoms with E-state index in [0.717, 1.165) is 44.9 Å². The van der Waals surface area contributed by atoms with Gasteiger partial charge in [0.2, 0.25) is 0 Å². The predicted octanol–water partition coefficient (Wildman–Crippen LogP) is 6.35. The molecule has 0 radical (unpaired) electrons. The molecule has 0 aromatic heterocycles. The molecule has 0 amide bonds. The Kier molecular flexibility index (Phi) is 19.4. The molecule has 0 N–H and O–H groups in total. The summed E-state index contributed by atoms with van der Waals surface area (Å²) in [5, 5.41) is 0. The third-order valence-electron chi connectivity index (χ3n) is 4.53. The fourth-order valence-electron chi connectivity index (χ4n) is 2.82. The first kappa shape index (κ1) is 24.9. The first-order chi connectivity index (χ1) is 12.7. The van der Waals surface area contributed by atoms with E-state index >= 15 is 0 Å². The lowest BCUT2D eigenvalue weighted by atomic mass is 10.1. The lowest BCUT2D eigenvalue weighted by Crippen LogP contribution is -2.07. The maximum absolute atomic E-state index is 11.6. The molecule has 0 rings (SSSR count). The summed E-state index contributed by atoms with van der Waals surface area (Å²) >= 11 is 0. The average molecular weight is 371 g/mol. The van der Waals surface area contributed by atoms with Gasteiger partial charge in [-0.2, -0.15) is 0 Å². The highest BCUT2D eigenvalue weighted by molar-refractivity contribution is 5.69. The highest BCUT2D eigenvalue weighted by Gasteiger charge is 2.05. The molecule has 0 aromatic rings. The molecule has 0 saturated heterocycles. The Morgan fingerprint density at radius 3 is 1.27 bits per heavy atom. The number of hydrogen-bond acceptors (Lipinski definition) is 4. The average Bonchev–Trinajstić information content (AvgIpc) is 2.63. The van der Waals surface area contributed by atoms with Crippen molar-refractivity contribution < 1.29 is 19.1 Å². The van der Waals surface area contributed by atoms with Crippen LogP contribution in [0.15, 0.2) is 0 Å². The largest absolute Gasteiger partial charge is 0.466 e. The Labute approximate surface area is 161 Å². The van der Waals surface area contributed by atoms with Crippen LogP contribution < -0.4 is 0 Å². The Morgan fingerprint density at radius 1 is 0.500 bits per heavy atom. The maximum Gasteiger partial charge on any atom is 0.305 e. The van der Waals surface area contributed by atoms with Crippen LogP contribution in [0.1, 0.15) is 117 Å². The van der Waals surface area contributed by atoms with Crippen LogP contribution in [0, 0.1) is 0 Å². The Hall–Kier alpha value is -1.06. The van der Waals surface area contributed by atoms with E-state index in [1.165, 1.54) is 44.9 Å². The van der Waals surface area contributed by atoms with E-state index in [2.05, 4.69) is 13.8 Å². The van der Waals surface area contributed by atoms with Crippen LogP contribution in [0.2, 0.25) is 0 Å². The van der Waals surface area contributed by atoms with Gasteiger partial charge in [-0.05, 0) is 25.7 Å². The van der Waals surface area contributed by atoms with E-state index in [1.54, 1.807) is 0 Å². The van der Waals surface area contributed by atoms with E-state index in [-0.39, 0.29) is 11.9 Å². The van der Waals surface area contributed by atoms with Gasteiger partial charge in [-0.3, -0.25) is 9.59 Å². The summed E-state index contributed by atoms with van der Waals surface area (Å²) in [6.45, 7) is 5.50. The van der Waals surface area contributed by atoms with Crippen molar-refractivity contribution in [1.29, 1.82) is 0 Å². The smallest absolute Gasteiger partial charge is 0.305 e. The van der Waals surface area contributed by atoms with E-state index in [0.29, 0.717) is 26.1 Å². The molecule has 0 saturated carbocycles. The first-order valence-corrected chi connectivity index (χ1v) is 11.0. The summed E-state index contributed by atoms with van der Waals surface area (Å²) in [5.74, 6) is -0.209. The Morgan fingerprint density at radius 2 is 0.846 bits per heavy atom. The molecule has 0 aromatic carbocycles. The van der Waals surface area contributed by atoms with Crippen molar-refractivity contribution >= 4 is 11.9 Å². The van der Waals surface area contributed by atoms with Crippen LogP contribution in [0.5, 0.6) is 0 Å². The molecule has 154 valence electrons. The van der Waals surface area contributed by atoms with Gasteiger partial charge in [0.1, 0.15) is 0 Å². The molecule has 0 aliphatic carbocycles. The normalized spacial score (nSPS) is 10.7. The molecule has 0 fully saturated rings. The van der Waals surface area contributed by atoms with Crippen molar-refractivity contribution in [1.82, 2.24) is 0 Å². The monoisotopic (exact) mass is 370 g/mol. The predicted molar refractivity (Wildman–Crippen MR) is 107 cm³/mol. The third kappa shape index (κ3) is 19.3. The SMILES string of the molecule is CCCCCCCCOC(=O)CCCCCC(=O)OCCCCCCC. The van der Waals surface area contributed by atoms with Crippen molar-refractivity contribution in [3.8, 4) is 0 Å². The zero-order valence-corrected chi connectivity index (χ0v) is 17.4. The lowest BCUT2D eigenvalue weighted by molar-refractivity contribution is -0.144. The summed E-state index contributed by atoms with van der Waals surface area (Å²) < 4.78 is 10.5. The zero-order valence-electron chi connectivity index (χ0n) is 17.4. The molecule has 4 nitrogen and oxygen atoms in total. The minimum atomic E-state index is -0.105. The number of hydrogen-bond donors (Lipinski definition) is 0. The van der Waals surface area contributed by atoms with E-state index in [4.69, 9.17) is 9.47 Å². The Bertz CT molecular complexity index is 328. The second-order valence-corrected chi connectivity index (χ2v) is 7.18. The molecule has 0 spiro atoms. The lowest BCUT2D eigenvalue weighted by Gasteiger charge is -2.06. The summed E-state index contributed by atoms with van der Waals surface area (Å²) in [6.07, 6.45) is 16.4. The van der Waals surface area contributed by atoms with E-state index in [9.17, 15) is 9.59 Å². The highest BCUT2D eigenvalue weighted by Crippen LogP contribution is 2.08. The molecule has 0 aliphatic heterocycles. The van der Waals surface area contributed by atoms with Crippen LogP contribution in [-0.2, 0) is 19.1 Å². The number of carbonyl (C=O) groups is 2. The first-order valence-electron chi connectivity index (χ1n) is 11.0. The number of carbonyl (C=O) groups excluding carboxylic acids is 2. The van der Waals surface area contributed by atoms with Gasteiger partial charge >= 0.3 is 11.9 Å². The van der Waals surface area contributed by atoms with Gasteiger partial charge in [-0.15, -0.1) is 0 Å². The van der Waals surface area contributed by atoms with E-state index < -0.39 is 0 Å². The van der Waals surface area contributed by atoms with Crippen LogP contribution in [0.3, 0.4) is 0 Å². The minimum Gasteiger partial charge on any atom is -0.466 e. The summed E-state index contributed by atoms with van der Waals surface area (Å²) in [7, 11) is 0. The topological polar surface area (TPSA) is 52.6 Å². The van der Waals surface area contributed by atoms with Crippen LogP contribution in [0.25, 0.3) is 0 Å². The minimum absolute atomic E-state index is 0.104. The van der Waals surface area contributed by atoms with Crippen LogP contribution in [-0.4, -0.2) is 25.2 Å². The maximum atomic E-state index is 11.6. The van der Waals surface area contributed by atoms with Crippen molar-refractivity contribution in [3.05, 3.63) is 0 Å². The van der Waals surface area contributed by atoms with E-state index in [1.807, 2.05) is 0 Å². The molecule has 0 aliphatic rings. The van der Waals surface area contributed by atoms with Crippen molar-refractivity contribution in [2.45, 2.75) is 117 Å². The number of rotatable bonds is 19. The summed E-state index contributed by atoms with van der Waals surface area (Å²) in [5.41, 5.74) is 0. The van der Waals surface area contributed by atoms with Crippen molar-refractivity contribution in [2.75, 3.05) is 13.2 Å². The molecular formula is C22H42O4. The zero-order chi connectivity index (χ0) is 19.3. The molecule has 0 unspecified atom stereocenters. The molecule has 4 heteroatoms. The van der Waals surface area contributed by atoms with Gasteiger partial charge in [0.05, 0.1) is 13.2 Å². The van der Waals surface area contributed by atoms with Gasteiger partial charge < -0.3 is 9.47 Å². The van der Waals surface area contributed by atoms with Gasteiger partial charge in [0.25, 0.3) is 0 Å². The number of unbranched alkanes of at least 4 members (excludes halogenated alkanes) is 11. The molecule has 0 heterocycles.